The van der Waals surface area contributed by atoms with Crippen LogP contribution in [0.3, 0.4) is 0 Å². The second-order valence-electron chi connectivity index (χ2n) is 8.39. The minimum atomic E-state index is -0.512. The largest absolute Gasteiger partial charge is 0.505 e. The summed E-state index contributed by atoms with van der Waals surface area (Å²) >= 11 is 5.47. The molecule has 0 fully saturated rings. The van der Waals surface area contributed by atoms with Gasteiger partial charge in [-0.2, -0.15) is 5.11 Å². The molecule has 1 N–H and O–H groups in total. The Labute approximate surface area is 172 Å². The zero-order valence-corrected chi connectivity index (χ0v) is 18.3. The Bertz CT molecular complexity index is 884. The summed E-state index contributed by atoms with van der Waals surface area (Å²) in [6.07, 6.45) is 1.86. The van der Waals surface area contributed by atoms with Crippen LogP contribution in [0.1, 0.15) is 75.9 Å². The monoisotopic (exact) mass is 400 g/mol. The smallest absolute Gasteiger partial charge is 0.252 e. The van der Waals surface area contributed by atoms with Crippen molar-refractivity contribution in [1.29, 1.82) is 0 Å². The van der Waals surface area contributed by atoms with Crippen LogP contribution in [-0.4, -0.2) is 10.3 Å². The summed E-state index contributed by atoms with van der Waals surface area (Å²) in [6.45, 7) is 12.9. The lowest BCUT2D eigenvalue weighted by Gasteiger charge is -2.30. The average molecular weight is 401 g/mol. The van der Waals surface area contributed by atoms with E-state index in [4.69, 9.17) is 11.6 Å². The van der Waals surface area contributed by atoms with Crippen molar-refractivity contribution in [1.82, 2.24) is 0 Å². The fourth-order valence-electron chi connectivity index (χ4n) is 2.77. The summed E-state index contributed by atoms with van der Waals surface area (Å²) in [6, 6.07) is 10.6. The molecule has 4 nitrogen and oxygen atoms in total. The molecule has 0 amide bonds. The van der Waals surface area contributed by atoms with E-state index in [-0.39, 0.29) is 16.6 Å². The number of nitrogens with zero attached hydrogens (tertiary/aromatic N) is 2. The lowest BCUT2D eigenvalue weighted by atomic mass is 9.76. The average Bonchev–Trinajstić information content (AvgIpc) is 2.67. The number of phenols is 1. The van der Waals surface area contributed by atoms with Gasteiger partial charge in [0.15, 0.2) is 0 Å². The van der Waals surface area contributed by atoms with Gasteiger partial charge in [0.2, 0.25) is 0 Å². The Morgan fingerprint density at radius 1 is 0.964 bits per heavy atom. The van der Waals surface area contributed by atoms with E-state index in [9.17, 15) is 9.90 Å². The Kier molecular flexibility index (Phi) is 6.66. The third-order valence-corrected chi connectivity index (χ3v) is 5.95. The van der Waals surface area contributed by atoms with Crippen LogP contribution >= 0.6 is 11.6 Å². The highest BCUT2D eigenvalue weighted by atomic mass is 35.5. The number of rotatable bonds is 7. The van der Waals surface area contributed by atoms with Crippen LogP contribution in [0.2, 0.25) is 0 Å². The van der Waals surface area contributed by atoms with E-state index in [0.29, 0.717) is 16.9 Å². The molecule has 0 bridgehead atoms. The standard InChI is InChI=1S/C23H29ClN2O2/c1-7-22(3,4)16-13-18(23(5,6)8-2)20(27)19(14-16)26-25-17-11-9-15(10-12-17)21(24)28/h9-14,27H,7-8H2,1-6H3. The fraction of sp³-hybridized carbons (Fsp3) is 0.435. The van der Waals surface area contributed by atoms with Gasteiger partial charge in [-0.1, -0.05) is 47.6 Å². The molecule has 0 saturated carbocycles. The summed E-state index contributed by atoms with van der Waals surface area (Å²) in [5.74, 6) is 0.166. The van der Waals surface area contributed by atoms with E-state index >= 15 is 0 Å². The maximum atomic E-state index is 11.2. The number of phenolic OH excluding ortho intramolecular Hbond substituents is 1. The number of azo groups is 1. The molecular weight excluding hydrogens is 372 g/mol. The number of hydrogen-bond acceptors (Lipinski definition) is 4. The Hall–Kier alpha value is -2.20. The summed E-state index contributed by atoms with van der Waals surface area (Å²) < 4.78 is 0. The highest BCUT2D eigenvalue weighted by Crippen LogP contribution is 2.43. The highest BCUT2D eigenvalue weighted by Gasteiger charge is 2.28. The third-order valence-electron chi connectivity index (χ3n) is 5.74. The third kappa shape index (κ3) is 4.79. The molecule has 2 rings (SSSR count). The van der Waals surface area contributed by atoms with Crippen LogP contribution in [0.5, 0.6) is 5.75 Å². The summed E-state index contributed by atoms with van der Waals surface area (Å²) in [5.41, 5.74) is 3.22. The first-order valence-corrected chi connectivity index (χ1v) is 9.99. The minimum Gasteiger partial charge on any atom is -0.505 e. The molecular formula is C23H29ClN2O2. The Balaban J connectivity index is 2.54. The van der Waals surface area contributed by atoms with E-state index in [0.717, 1.165) is 24.0 Å². The lowest BCUT2D eigenvalue weighted by Crippen LogP contribution is -2.20. The number of halogens is 1. The van der Waals surface area contributed by atoms with Crippen molar-refractivity contribution in [2.45, 2.75) is 65.2 Å². The van der Waals surface area contributed by atoms with Gasteiger partial charge in [-0.15, -0.1) is 5.11 Å². The molecule has 5 heteroatoms. The number of hydrogen-bond donors (Lipinski definition) is 1. The van der Waals surface area contributed by atoms with Gasteiger partial charge in [0.05, 0.1) is 5.69 Å². The Morgan fingerprint density at radius 2 is 1.54 bits per heavy atom. The maximum absolute atomic E-state index is 11.2. The van der Waals surface area contributed by atoms with E-state index in [2.05, 4.69) is 57.8 Å². The molecule has 0 radical (unpaired) electrons. The van der Waals surface area contributed by atoms with E-state index in [1.54, 1.807) is 24.3 Å². The zero-order valence-electron chi connectivity index (χ0n) is 17.5. The molecule has 2 aromatic carbocycles. The maximum Gasteiger partial charge on any atom is 0.252 e. The number of carbonyl (C=O) groups excluding carboxylic acids is 1. The zero-order chi connectivity index (χ0) is 21.1. The second-order valence-corrected chi connectivity index (χ2v) is 8.73. The quantitative estimate of drug-likeness (QED) is 0.385. The van der Waals surface area contributed by atoms with Crippen LogP contribution in [0.25, 0.3) is 0 Å². The molecule has 150 valence electrons. The SMILES string of the molecule is CCC(C)(C)c1cc(N=Nc2ccc(C(=O)Cl)cc2)c(O)c(C(C)(C)CC)c1. The molecule has 0 saturated heterocycles. The second kappa shape index (κ2) is 8.44. The topological polar surface area (TPSA) is 62.0 Å². The molecule has 2 aromatic rings. The van der Waals surface area contributed by atoms with E-state index in [1.165, 1.54) is 0 Å². The van der Waals surface area contributed by atoms with Crippen molar-refractivity contribution in [3.8, 4) is 5.75 Å². The van der Waals surface area contributed by atoms with Crippen LogP contribution < -0.4 is 0 Å². The first-order valence-electron chi connectivity index (χ1n) is 9.61. The van der Waals surface area contributed by atoms with Crippen LogP contribution in [0.15, 0.2) is 46.6 Å². The molecule has 0 atom stereocenters. The number of carbonyl (C=O) groups is 1. The van der Waals surface area contributed by atoms with Crippen molar-refractivity contribution in [2.75, 3.05) is 0 Å². The van der Waals surface area contributed by atoms with Gasteiger partial charge in [0.25, 0.3) is 5.24 Å². The van der Waals surface area contributed by atoms with Gasteiger partial charge in [-0.3, -0.25) is 4.79 Å². The van der Waals surface area contributed by atoms with Gasteiger partial charge in [0.1, 0.15) is 11.4 Å². The van der Waals surface area contributed by atoms with Gasteiger partial charge in [-0.25, -0.2) is 0 Å². The van der Waals surface area contributed by atoms with Crippen LogP contribution in [0.4, 0.5) is 11.4 Å². The van der Waals surface area contributed by atoms with E-state index < -0.39 is 5.24 Å². The molecule has 0 aliphatic carbocycles. The summed E-state index contributed by atoms with van der Waals surface area (Å²) in [7, 11) is 0. The first kappa shape index (κ1) is 22.1. The van der Waals surface area contributed by atoms with Gasteiger partial charge in [-0.05, 0) is 71.2 Å². The summed E-state index contributed by atoms with van der Waals surface area (Å²) in [4.78, 5) is 11.2. The molecule has 0 aromatic heterocycles. The lowest BCUT2D eigenvalue weighted by molar-refractivity contribution is 0.108. The predicted octanol–water partition coefficient (Wildman–Crippen LogP) is 7.56. The molecule has 0 spiro atoms. The van der Waals surface area contributed by atoms with Crippen LogP contribution in [0, 0.1) is 0 Å². The van der Waals surface area contributed by atoms with Gasteiger partial charge in [0, 0.05) is 11.1 Å². The molecule has 0 aliphatic heterocycles. The molecule has 0 heterocycles. The fourth-order valence-corrected chi connectivity index (χ4v) is 2.89. The normalized spacial score (nSPS) is 12.5. The van der Waals surface area contributed by atoms with Crippen molar-refractivity contribution >= 4 is 28.2 Å². The van der Waals surface area contributed by atoms with Crippen molar-refractivity contribution in [2.24, 2.45) is 10.2 Å². The first-order chi connectivity index (χ1) is 13.0. The number of benzene rings is 2. The Morgan fingerprint density at radius 3 is 2.04 bits per heavy atom. The minimum absolute atomic E-state index is 0.0428. The van der Waals surface area contributed by atoms with Crippen molar-refractivity contribution in [3.63, 3.8) is 0 Å². The summed E-state index contributed by atoms with van der Waals surface area (Å²) in [5, 5.41) is 19.0. The van der Waals surface area contributed by atoms with Crippen molar-refractivity contribution < 1.29 is 9.90 Å². The van der Waals surface area contributed by atoms with Gasteiger partial charge < -0.3 is 5.11 Å². The predicted molar refractivity (Wildman–Crippen MR) is 116 cm³/mol. The van der Waals surface area contributed by atoms with Crippen LogP contribution in [-0.2, 0) is 10.8 Å². The molecule has 0 aliphatic rings. The van der Waals surface area contributed by atoms with E-state index in [1.807, 2.05) is 6.07 Å². The highest BCUT2D eigenvalue weighted by molar-refractivity contribution is 6.67. The molecule has 0 unspecified atom stereocenters. The molecule has 28 heavy (non-hydrogen) atoms. The van der Waals surface area contributed by atoms with Crippen molar-refractivity contribution in [3.05, 3.63) is 53.1 Å². The van der Waals surface area contributed by atoms with Gasteiger partial charge >= 0.3 is 0 Å². The number of aromatic hydroxyl groups is 1.